The first-order valence-corrected chi connectivity index (χ1v) is 11.2. The smallest absolute Gasteiger partial charge is 0.344 e. The number of halogens is 1. The van der Waals surface area contributed by atoms with E-state index in [4.69, 9.17) is 8.83 Å². The standard InChI is InChI=1S/C25H15BrO11/c26-11-7-8(1-4-12(11)27)15(16-18(30)9-2-5-13(28)20(32)22(9)36-24(16)34)17-19(31)10-3-6-14(29)21(33)23(10)37-25(17)35/h1-7,15,27-33H. The molecule has 0 amide bonds. The normalized spacial score (nSPS) is 11.5. The van der Waals surface area contributed by atoms with Gasteiger partial charge in [0.2, 0.25) is 11.5 Å². The van der Waals surface area contributed by atoms with Crippen molar-refractivity contribution >= 4 is 37.9 Å². The van der Waals surface area contributed by atoms with Crippen molar-refractivity contribution in [3.05, 3.63) is 84.5 Å². The lowest BCUT2D eigenvalue weighted by atomic mass is 9.84. The molecule has 2 aromatic heterocycles. The van der Waals surface area contributed by atoms with E-state index in [1.807, 2.05) is 0 Å². The Bertz CT molecular complexity index is 1760. The fourth-order valence-electron chi connectivity index (χ4n) is 4.17. The molecule has 3 aromatic carbocycles. The van der Waals surface area contributed by atoms with Gasteiger partial charge in [-0.2, -0.15) is 0 Å². The molecule has 5 aromatic rings. The molecule has 188 valence electrons. The summed E-state index contributed by atoms with van der Waals surface area (Å²) in [5, 5.41) is 71.6. The van der Waals surface area contributed by atoms with Crippen molar-refractivity contribution in [3.8, 4) is 40.2 Å². The van der Waals surface area contributed by atoms with E-state index < -0.39 is 74.0 Å². The minimum atomic E-state index is -1.56. The highest BCUT2D eigenvalue weighted by Gasteiger charge is 2.34. The van der Waals surface area contributed by atoms with Gasteiger partial charge in [0.05, 0.1) is 32.3 Å². The van der Waals surface area contributed by atoms with Crippen molar-refractivity contribution in [1.82, 2.24) is 0 Å². The quantitative estimate of drug-likeness (QED) is 0.123. The molecule has 11 nitrogen and oxygen atoms in total. The van der Waals surface area contributed by atoms with Crippen LogP contribution < -0.4 is 11.3 Å². The van der Waals surface area contributed by atoms with Crippen LogP contribution in [0.5, 0.6) is 40.2 Å². The third kappa shape index (κ3) is 3.57. The topological polar surface area (TPSA) is 202 Å². The van der Waals surface area contributed by atoms with Crippen molar-refractivity contribution in [2.75, 3.05) is 0 Å². The van der Waals surface area contributed by atoms with Gasteiger partial charge in [-0.1, -0.05) is 6.07 Å². The predicted octanol–water partition coefficient (Wildman–Crippen LogP) is 3.78. The molecule has 0 unspecified atom stereocenters. The molecule has 0 aliphatic rings. The van der Waals surface area contributed by atoms with Gasteiger partial charge in [0.25, 0.3) is 0 Å². The lowest BCUT2D eigenvalue weighted by Gasteiger charge is -2.20. The predicted molar refractivity (Wildman–Crippen MR) is 132 cm³/mol. The second-order valence-corrected chi connectivity index (χ2v) is 8.92. The molecule has 0 aliphatic carbocycles. The van der Waals surface area contributed by atoms with Gasteiger partial charge in [-0.15, -0.1) is 0 Å². The van der Waals surface area contributed by atoms with Crippen LogP contribution in [0, 0.1) is 0 Å². The van der Waals surface area contributed by atoms with E-state index in [1.165, 1.54) is 30.3 Å². The second kappa shape index (κ2) is 8.38. The zero-order valence-corrected chi connectivity index (χ0v) is 19.8. The molecule has 0 spiro atoms. The Morgan fingerprint density at radius 2 is 1.03 bits per heavy atom. The summed E-state index contributed by atoms with van der Waals surface area (Å²) < 4.78 is 10.5. The summed E-state index contributed by atoms with van der Waals surface area (Å²) in [5.74, 6) is -6.05. The van der Waals surface area contributed by atoms with Crippen LogP contribution in [0.15, 0.2) is 65.4 Å². The number of fused-ring (bicyclic) bond motifs is 2. The number of phenolic OH excluding ortho intramolecular Hbond substituents is 5. The van der Waals surface area contributed by atoms with Crippen molar-refractivity contribution in [2.45, 2.75) is 5.92 Å². The Morgan fingerprint density at radius 1 is 0.595 bits per heavy atom. The molecular formula is C25H15BrO11. The third-order valence-corrected chi connectivity index (χ3v) is 6.59. The van der Waals surface area contributed by atoms with Gasteiger partial charge >= 0.3 is 11.3 Å². The fourth-order valence-corrected chi connectivity index (χ4v) is 4.57. The van der Waals surface area contributed by atoms with Crippen LogP contribution in [-0.2, 0) is 0 Å². The Labute approximate surface area is 213 Å². The first kappa shape index (κ1) is 23.9. The van der Waals surface area contributed by atoms with E-state index in [1.54, 1.807) is 0 Å². The Balaban J connectivity index is 1.93. The van der Waals surface area contributed by atoms with Gasteiger partial charge in [0.15, 0.2) is 22.7 Å². The minimum absolute atomic E-state index is 0.111. The average Bonchev–Trinajstić information content (AvgIpc) is 2.85. The molecule has 5 rings (SSSR count). The largest absolute Gasteiger partial charge is 0.507 e. The van der Waals surface area contributed by atoms with Gasteiger partial charge in [-0.3, -0.25) is 0 Å². The maximum absolute atomic E-state index is 13.2. The van der Waals surface area contributed by atoms with Gasteiger partial charge in [-0.05, 0) is 57.9 Å². The van der Waals surface area contributed by atoms with Crippen LogP contribution in [0.2, 0.25) is 0 Å². The SMILES string of the molecule is O=c1oc2c(O)c(O)ccc2c(O)c1C(c1ccc(O)c(Br)c1)c1c(O)c2ccc(O)c(O)c2oc1=O. The van der Waals surface area contributed by atoms with Crippen LogP contribution in [0.4, 0.5) is 0 Å². The average molecular weight is 571 g/mol. The van der Waals surface area contributed by atoms with Gasteiger partial charge in [0, 0.05) is 0 Å². The van der Waals surface area contributed by atoms with E-state index in [-0.39, 0.29) is 26.6 Å². The van der Waals surface area contributed by atoms with Crippen molar-refractivity contribution in [2.24, 2.45) is 0 Å². The maximum Gasteiger partial charge on any atom is 0.344 e. The summed E-state index contributed by atoms with van der Waals surface area (Å²) in [6.07, 6.45) is 0. The number of hydrogen-bond acceptors (Lipinski definition) is 11. The van der Waals surface area contributed by atoms with E-state index >= 15 is 0 Å². The fraction of sp³-hybridized carbons (Fsp3) is 0.0400. The van der Waals surface area contributed by atoms with Crippen LogP contribution in [0.3, 0.4) is 0 Å². The third-order valence-electron chi connectivity index (χ3n) is 5.95. The molecule has 0 fully saturated rings. The van der Waals surface area contributed by atoms with Crippen LogP contribution in [0.25, 0.3) is 21.9 Å². The summed E-state index contributed by atoms with van der Waals surface area (Å²) in [4.78, 5) is 26.3. The highest BCUT2D eigenvalue weighted by atomic mass is 79.9. The first-order chi connectivity index (χ1) is 17.5. The lowest BCUT2D eigenvalue weighted by Crippen LogP contribution is -2.21. The molecule has 0 bridgehead atoms. The number of rotatable bonds is 3. The van der Waals surface area contributed by atoms with E-state index in [0.717, 1.165) is 12.1 Å². The molecular weight excluding hydrogens is 556 g/mol. The summed E-state index contributed by atoms with van der Waals surface area (Å²) in [6.45, 7) is 0. The molecule has 37 heavy (non-hydrogen) atoms. The Kier molecular flexibility index (Phi) is 5.41. The Hall–Kier alpha value is -4.84. The molecule has 7 N–H and O–H groups in total. The van der Waals surface area contributed by atoms with Crippen molar-refractivity contribution in [3.63, 3.8) is 0 Å². The summed E-state index contributed by atoms with van der Waals surface area (Å²) in [6, 6.07) is 8.31. The monoisotopic (exact) mass is 570 g/mol. The first-order valence-electron chi connectivity index (χ1n) is 10.4. The van der Waals surface area contributed by atoms with Crippen molar-refractivity contribution < 1.29 is 44.6 Å². The highest BCUT2D eigenvalue weighted by Crippen LogP contribution is 2.46. The number of phenols is 5. The zero-order chi connectivity index (χ0) is 26.8. The number of aromatic hydroxyl groups is 7. The van der Waals surface area contributed by atoms with Crippen LogP contribution in [0.1, 0.15) is 22.6 Å². The molecule has 0 atom stereocenters. The molecule has 12 heteroatoms. The Morgan fingerprint density at radius 3 is 1.46 bits per heavy atom. The second-order valence-electron chi connectivity index (χ2n) is 8.07. The van der Waals surface area contributed by atoms with Gasteiger partial charge in [-0.25, -0.2) is 9.59 Å². The van der Waals surface area contributed by atoms with Crippen LogP contribution in [-0.4, -0.2) is 35.7 Å². The maximum atomic E-state index is 13.2. The van der Waals surface area contributed by atoms with E-state index in [0.29, 0.717) is 0 Å². The molecule has 0 radical (unpaired) electrons. The molecule has 0 aliphatic heterocycles. The van der Waals surface area contributed by atoms with Gasteiger partial charge in [0.1, 0.15) is 17.2 Å². The van der Waals surface area contributed by atoms with E-state index in [2.05, 4.69) is 15.9 Å². The molecule has 0 saturated heterocycles. The zero-order valence-electron chi connectivity index (χ0n) is 18.3. The molecule has 0 saturated carbocycles. The highest BCUT2D eigenvalue weighted by molar-refractivity contribution is 9.10. The van der Waals surface area contributed by atoms with Gasteiger partial charge < -0.3 is 44.6 Å². The van der Waals surface area contributed by atoms with Crippen LogP contribution >= 0.6 is 15.9 Å². The lowest BCUT2D eigenvalue weighted by molar-refractivity contribution is 0.392. The summed E-state index contributed by atoms with van der Waals surface area (Å²) >= 11 is 3.15. The summed E-state index contributed by atoms with van der Waals surface area (Å²) in [7, 11) is 0. The summed E-state index contributed by atoms with van der Waals surface area (Å²) in [5.41, 5.74) is -4.47. The number of benzene rings is 3. The van der Waals surface area contributed by atoms with Crippen molar-refractivity contribution in [1.29, 1.82) is 0 Å². The molecule has 2 heterocycles. The minimum Gasteiger partial charge on any atom is -0.507 e. The number of hydrogen-bond donors (Lipinski definition) is 7. The van der Waals surface area contributed by atoms with E-state index in [9.17, 15) is 45.3 Å².